The van der Waals surface area contributed by atoms with E-state index in [9.17, 15) is 18.0 Å². The molecule has 0 saturated carbocycles. The van der Waals surface area contributed by atoms with Gasteiger partial charge in [0.1, 0.15) is 0 Å². The maximum absolute atomic E-state index is 12.1. The summed E-state index contributed by atoms with van der Waals surface area (Å²) in [6.45, 7) is 0. The fourth-order valence-corrected chi connectivity index (χ4v) is 7.61. The van der Waals surface area contributed by atoms with Crippen LogP contribution >= 0.6 is 23.5 Å². The first-order valence-corrected chi connectivity index (χ1v) is 12.0. The summed E-state index contributed by atoms with van der Waals surface area (Å²) in [5, 5.41) is 0. The first kappa shape index (κ1) is 18.6. The first-order chi connectivity index (χ1) is 11.9. The lowest BCUT2D eigenvalue weighted by molar-refractivity contribution is -0.122. The zero-order chi connectivity index (χ0) is 17.9. The van der Waals surface area contributed by atoms with Crippen LogP contribution in [0.3, 0.4) is 0 Å². The molecule has 2 saturated heterocycles. The highest BCUT2D eigenvalue weighted by Gasteiger charge is 2.29. The maximum Gasteiger partial charge on any atom is 0.269 e. The molecule has 2 fully saturated rings. The van der Waals surface area contributed by atoms with Gasteiger partial charge in [-0.1, -0.05) is 12.1 Å². The van der Waals surface area contributed by atoms with Crippen LogP contribution in [0.25, 0.3) is 0 Å². The van der Waals surface area contributed by atoms with Crippen molar-refractivity contribution >= 4 is 45.2 Å². The van der Waals surface area contributed by atoms with Crippen molar-refractivity contribution in [2.24, 2.45) is 5.92 Å². The molecule has 6 nitrogen and oxygen atoms in total. The Morgan fingerprint density at radius 2 is 1.76 bits per heavy atom. The smallest absolute Gasteiger partial charge is 0.269 e. The van der Waals surface area contributed by atoms with Crippen LogP contribution < -0.4 is 10.9 Å². The van der Waals surface area contributed by atoms with Gasteiger partial charge in [-0.2, -0.15) is 0 Å². The van der Waals surface area contributed by atoms with Crippen LogP contribution in [-0.4, -0.2) is 43.2 Å². The summed E-state index contributed by atoms with van der Waals surface area (Å²) < 4.78 is 23.2. The van der Waals surface area contributed by atoms with Crippen molar-refractivity contribution in [3.05, 3.63) is 35.4 Å². The Morgan fingerprint density at radius 1 is 1.08 bits per heavy atom. The van der Waals surface area contributed by atoms with E-state index in [1.165, 1.54) is 5.56 Å². The zero-order valence-corrected chi connectivity index (χ0v) is 16.0. The number of rotatable bonds is 4. The van der Waals surface area contributed by atoms with E-state index >= 15 is 0 Å². The number of thioether (sulfide) groups is 2. The first-order valence-electron chi connectivity index (χ1n) is 8.06. The number of hydrazine groups is 1. The summed E-state index contributed by atoms with van der Waals surface area (Å²) in [6, 6.07) is 7.38. The number of benzene rings is 1. The zero-order valence-electron chi connectivity index (χ0n) is 13.6. The summed E-state index contributed by atoms with van der Waals surface area (Å²) in [6.07, 6.45) is 0.608. The minimum absolute atomic E-state index is 0.0486. The Hall–Kier alpha value is -1.19. The second-order valence-corrected chi connectivity index (χ2v) is 11.1. The van der Waals surface area contributed by atoms with E-state index in [0.29, 0.717) is 16.6 Å². The van der Waals surface area contributed by atoms with Crippen molar-refractivity contribution in [3.8, 4) is 0 Å². The van der Waals surface area contributed by atoms with Gasteiger partial charge in [0.2, 0.25) is 5.91 Å². The minimum atomic E-state index is -3.00. The average Bonchev–Trinajstić information content (AvgIpc) is 3.22. The van der Waals surface area contributed by atoms with Gasteiger partial charge < -0.3 is 0 Å². The molecule has 0 spiro atoms. The lowest BCUT2D eigenvalue weighted by atomic mass is 10.1. The Labute approximate surface area is 155 Å². The molecule has 0 aliphatic carbocycles. The van der Waals surface area contributed by atoms with Crippen LogP contribution in [0.5, 0.6) is 0 Å². The number of nitrogens with one attached hydrogen (secondary N) is 2. The van der Waals surface area contributed by atoms with Gasteiger partial charge in [0.05, 0.1) is 16.1 Å². The molecule has 0 unspecified atom stereocenters. The number of hydrogen-bond donors (Lipinski definition) is 2. The molecule has 2 amide bonds. The van der Waals surface area contributed by atoms with Crippen molar-refractivity contribution in [3.63, 3.8) is 0 Å². The van der Waals surface area contributed by atoms with Gasteiger partial charge in [-0.3, -0.25) is 20.4 Å². The third-order valence-electron chi connectivity index (χ3n) is 4.18. The Bertz CT molecular complexity index is 743. The standard InChI is InChI=1S/C16H20N2O4S3/c19-14(9-11-5-8-25(21,22)10-11)17-18-15(20)12-1-3-13(4-2-12)16-23-6-7-24-16/h1-4,11,16H,5-10H2,(H,17,19)(H,18,20)/t11-/m1/s1. The molecular formula is C16H20N2O4S3. The summed E-state index contributed by atoms with van der Waals surface area (Å²) in [4.78, 5) is 23.9. The molecule has 3 rings (SSSR count). The van der Waals surface area contributed by atoms with Crippen LogP contribution in [0.2, 0.25) is 0 Å². The molecule has 136 valence electrons. The average molecular weight is 401 g/mol. The Kier molecular flexibility index (Phi) is 5.96. The van der Waals surface area contributed by atoms with E-state index in [-0.39, 0.29) is 35.7 Å². The third-order valence-corrected chi connectivity index (χ3v) is 9.12. The number of amides is 2. The molecule has 2 aliphatic rings. The van der Waals surface area contributed by atoms with Crippen molar-refractivity contribution in [1.82, 2.24) is 10.9 Å². The Morgan fingerprint density at radius 3 is 2.36 bits per heavy atom. The van der Waals surface area contributed by atoms with E-state index in [1.807, 2.05) is 35.7 Å². The summed E-state index contributed by atoms with van der Waals surface area (Å²) in [5.74, 6) is 1.56. The molecule has 0 aromatic heterocycles. The van der Waals surface area contributed by atoms with Gasteiger partial charge in [-0.05, 0) is 30.0 Å². The van der Waals surface area contributed by atoms with Gasteiger partial charge in [-0.25, -0.2) is 8.42 Å². The summed E-state index contributed by atoms with van der Waals surface area (Å²) in [5.41, 5.74) is 6.41. The quantitative estimate of drug-likeness (QED) is 0.748. The predicted octanol–water partition coefficient (Wildman–Crippen LogP) is 1.75. The lowest BCUT2D eigenvalue weighted by Gasteiger charge is -2.11. The van der Waals surface area contributed by atoms with Crippen molar-refractivity contribution in [2.75, 3.05) is 23.0 Å². The van der Waals surface area contributed by atoms with Gasteiger partial charge in [0.15, 0.2) is 9.84 Å². The van der Waals surface area contributed by atoms with Crippen molar-refractivity contribution in [1.29, 1.82) is 0 Å². The number of carbonyl (C=O) groups is 2. The normalized spacial score (nSPS) is 22.6. The van der Waals surface area contributed by atoms with Crippen molar-refractivity contribution < 1.29 is 18.0 Å². The van der Waals surface area contributed by atoms with E-state index < -0.39 is 9.84 Å². The van der Waals surface area contributed by atoms with Crippen LogP contribution in [0.1, 0.15) is 33.3 Å². The van der Waals surface area contributed by atoms with Crippen LogP contribution in [-0.2, 0) is 14.6 Å². The summed E-state index contributed by atoms with van der Waals surface area (Å²) in [7, 11) is -3.00. The molecule has 25 heavy (non-hydrogen) atoms. The fraction of sp³-hybridized carbons (Fsp3) is 0.500. The van der Waals surface area contributed by atoms with Gasteiger partial charge in [-0.15, -0.1) is 23.5 Å². The monoisotopic (exact) mass is 400 g/mol. The van der Waals surface area contributed by atoms with Crippen molar-refractivity contribution in [2.45, 2.75) is 17.4 Å². The number of sulfone groups is 1. The maximum atomic E-state index is 12.1. The Balaban J connectivity index is 1.46. The lowest BCUT2D eigenvalue weighted by Crippen LogP contribution is -2.42. The molecule has 1 atom stereocenters. The topological polar surface area (TPSA) is 92.3 Å². The molecular weight excluding hydrogens is 380 g/mol. The van der Waals surface area contributed by atoms with Gasteiger partial charge >= 0.3 is 0 Å². The molecule has 1 aromatic carbocycles. The van der Waals surface area contributed by atoms with E-state index in [2.05, 4.69) is 10.9 Å². The SMILES string of the molecule is O=C(C[C@H]1CCS(=O)(=O)C1)NNC(=O)c1ccc(C2SCCS2)cc1. The number of carbonyl (C=O) groups excluding carboxylic acids is 2. The second-order valence-electron chi connectivity index (χ2n) is 6.17. The van der Waals surface area contributed by atoms with E-state index in [4.69, 9.17) is 0 Å². The molecule has 2 N–H and O–H groups in total. The highest BCUT2D eigenvalue weighted by molar-refractivity contribution is 8.19. The predicted molar refractivity (Wildman–Crippen MR) is 101 cm³/mol. The highest BCUT2D eigenvalue weighted by Crippen LogP contribution is 2.45. The largest absolute Gasteiger partial charge is 0.273 e. The molecule has 9 heteroatoms. The van der Waals surface area contributed by atoms with Crippen LogP contribution in [0, 0.1) is 5.92 Å². The summed E-state index contributed by atoms with van der Waals surface area (Å²) >= 11 is 3.80. The molecule has 2 aliphatic heterocycles. The molecule has 2 heterocycles. The van der Waals surface area contributed by atoms with E-state index in [0.717, 1.165) is 11.5 Å². The van der Waals surface area contributed by atoms with E-state index in [1.54, 1.807) is 12.1 Å². The third kappa shape index (κ3) is 5.15. The molecule has 1 aromatic rings. The molecule has 0 radical (unpaired) electrons. The second kappa shape index (κ2) is 8.01. The highest BCUT2D eigenvalue weighted by atomic mass is 32.2. The number of hydrogen-bond acceptors (Lipinski definition) is 6. The fourth-order valence-electron chi connectivity index (χ4n) is 2.89. The van der Waals surface area contributed by atoms with Crippen LogP contribution in [0.4, 0.5) is 0 Å². The minimum Gasteiger partial charge on any atom is -0.273 e. The van der Waals surface area contributed by atoms with Crippen LogP contribution in [0.15, 0.2) is 24.3 Å². The molecule has 0 bridgehead atoms. The van der Waals surface area contributed by atoms with Gasteiger partial charge in [0, 0.05) is 23.5 Å². The van der Waals surface area contributed by atoms with Gasteiger partial charge in [0.25, 0.3) is 5.91 Å².